The number of rotatable bonds is 8. The number of pyridine rings is 2. The summed E-state index contributed by atoms with van der Waals surface area (Å²) in [6.07, 6.45) is 6.03. The van der Waals surface area contributed by atoms with E-state index in [0.29, 0.717) is 32.2 Å². The summed E-state index contributed by atoms with van der Waals surface area (Å²) in [6, 6.07) is 12.1. The quantitative estimate of drug-likeness (QED) is 0.460. The first-order valence-electron chi connectivity index (χ1n) is 11.8. The predicted octanol–water partition coefficient (Wildman–Crippen LogP) is 3.42. The zero-order chi connectivity index (χ0) is 26.4. The summed E-state index contributed by atoms with van der Waals surface area (Å²) in [5.74, 6) is -1.48. The normalized spacial score (nSPS) is 17.6. The molecule has 0 unspecified atom stereocenters. The van der Waals surface area contributed by atoms with E-state index in [1.807, 2.05) is 18.2 Å². The van der Waals surface area contributed by atoms with Crippen LogP contribution in [0.4, 0.5) is 4.39 Å². The second-order valence-electron chi connectivity index (χ2n) is 8.92. The molecule has 2 heterocycles. The van der Waals surface area contributed by atoms with Gasteiger partial charge in [0, 0.05) is 24.4 Å². The van der Waals surface area contributed by atoms with E-state index >= 15 is 0 Å². The third kappa shape index (κ3) is 7.10. The fraction of sp³-hybridized carbons (Fsp3) is 0.308. The molecule has 1 fully saturated rings. The number of aromatic nitrogens is 2. The van der Waals surface area contributed by atoms with Crippen molar-refractivity contribution in [2.75, 3.05) is 6.26 Å². The Labute approximate surface area is 214 Å². The molecule has 9 nitrogen and oxygen atoms in total. The molecule has 0 bridgehead atoms. The van der Waals surface area contributed by atoms with E-state index < -0.39 is 21.6 Å². The SMILES string of the molecule is CS(=O)(=O)c1cccc(Oc2ncc(F)cc2C(=O)NC2CCC(C(=O)NCc3ccccn3)CC2)c1. The number of carbonyl (C=O) groups excluding carboxylic acids is 2. The molecular formula is C26H27FN4O5S. The van der Waals surface area contributed by atoms with Crippen molar-refractivity contribution in [3.05, 3.63) is 78.0 Å². The number of sulfone groups is 1. The van der Waals surface area contributed by atoms with Gasteiger partial charge in [-0.2, -0.15) is 0 Å². The minimum absolute atomic E-state index is 0.0407. The molecule has 0 saturated heterocycles. The lowest BCUT2D eigenvalue weighted by Crippen LogP contribution is -2.41. The summed E-state index contributed by atoms with van der Waals surface area (Å²) in [6.45, 7) is 0.360. The Morgan fingerprint density at radius 1 is 1.05 bits per heavy atom. The number of ether oxygens (including phenoxy) is 1. The zero-order valence-corrected chi connectivity index (χ0v) is 21.0. The number of carbonyl (C=O) groups is 2. The molecule has 37 heavy (non-hydrogen) atoms. The van der Waals surface area contributed by atoms with Crippen LogP contribution in [0.2, 0.25) is 0 Å². The Morgan fingerprint density at radius 2 is 1.84 bits per heavy atom. The van der Waals surface area contributed by atoms with Crippen molar-refractivity contribution >= 4 is 21.7 Å². The van der Waals surface area contributed by atoms with Crippen LogP contribution < -0.4 is 15.4 Å². The van der Waals surface area contributed by atoms with Crippen molar-refractivity contribution in [3.8, 4) is 11.6 Å². The van der Waals surface area contributed by atoms with Crippen molar-refractivity contribution in [1.82, 2.24) is 20.6 Å². The lowest BCUT2D eigenvalue weighted by molar-refractivity contribution is -0.126. The second-order valence-corrected chi connectivity index (χ2v) is 10.9. The van der Waals surface area contributed by atoms with Gasteiger partial charge in [0.2, 0.25) is 11.8 Å². The van der Waals surface area contributed by atoms with Crippen LogP contribution in [0.15, 0.2) is 65.8 Å². The number of hydrogen-bond donors (Lipinski definition) is 2. The van der Waals surface area contributed by atoms with Crippen molar-refractivity contribution < 1.29 is 27.1 Å². The van der Waals surface area contributed by atoms with Gasteiger partial charge < -0.3 is 15.4 Å². The molecule has 1 saturated carbocycles. The predicted molar refractivity (Wildman–Crippen MR) is 133 cm³/mol. The molecule has 11 heteroatoms. The Balaban J connectivity index is 1.36. The second kappa shape index (κ2) is 11.5. The lowest BCUT2D eigenvalue weighted by Gasteiger charge is -2.28. The van der Waals surface area contributed by atoms with E-state index in [1.54, 1.807) is 6.20 Å². The van der Waals surface area contributed by atoms with Crippen LogP contribution in [0.3, 0.4) is 0 Å². The Morgan fingerprint density at radius 3 is 2.54 bits per heavy atom. The van der Waals surface area contributed by atoms with Gasteiger partial charge in [0.1, 0.15) is 17.1 Å². The van der Waals surface area contributed by atoms with E-state index in [1.165, 1.54) is 24.3 Å². The molecule has 2 aromatic heterocycles. The third-order valence-corrected chi connectivity index (χ3v) is 7.22. The molecule has 0 radical (unpaired) electrons. The molecule has 4 rings (SSSR count). The summed E-state index contributed by atoms with van der Waals surface area (Å²) in [5, 5.41) is 5.79. The zero-order valence-electron chi connectivity index (χ0n) is 20.2. The van der Waals surface area contributed by atoms with Gasteiger partial charge in [0.15, 0.2) is 9.84 Å². The van der Waals surface area contributed by atoms with E-state index in [0.717, 1.165) is 24.2 Å². The highest BCUT2D eigenvalue weighted by Crippen LogP contribution is 2.28. The lowest BCUT2D eigenvalue weighted by atomic mass is 9.85. The number of benzene rings is 1. The van der Waals surface area contributed by atoms with Gasteiger partial charge in [-0.05, 0) is 62.1 Å². The summed E-state index contributed by atoms with van der Waals surface area (Å²) in [4.78, 5) is 33.7. The van der Waals surface area contributed by atoms with Crippen molar-refractivity contribution in [2.24, 2.45) is 5.92 Å². The maximum atomic E-state index is 14.0. The molecular weight excluding hydrogens is 499 g/mol. The van der Waals surface area contributed by atoms with Crippen LogP contribution in [-0.2, 0) is 21.2 Å². The molecule has 2 amide bonds. The Hall–Kier alpha value is -3.86. The number of hydrogen-bond acceptors (Lipinski definition) is 7. The van der Waals surface area contributed by atoms with Crippen LogP contribution in [0.5, 0.6) is 11.6 Å². The van der Waals surface area contributed by atoms with Gasteiger partial charge in [0.25, 0.3) is 5.91 Å². The van der Waals surface area contributed by atoms with Crippen LogP contribution >= 0.6 is 0 Å². The average molecular weight is 527 g/mol. The van der Waals surface area contributed by atoms with Crippen molar-refractivity contribution in [1.29, 1.82) is 0 Å². The van der Waals surface area contributed by atoms with Gasteiger partial charge in [-0.25, -0.2) is 17.8 Å². The fourth-order valence-electron chi connectivity index (χ4n) is 4.14. The number of nitrogens with zero attached hydrogens (tertiary/aromatic N) is 2. The summed E-state index contributed by atoms with van der Waals surface area (Å²) >= 11 is 0. The van der Waals surface area contributed by atoms with Crippen LogP contribution in [0.1, 0.15) is 41.7 Å². The minimum atomic E-state index is -3.47. The molecule has 0 aliphatic heterocycles. The standard InChI is InChI=1S/C26H27FN4O5S/c1-37(34,35)22-7-4-6-21(14-22)36-26-23(13-18(27)15-30-26)25(33)31-19-10-8-17(9-11-19)24(32)29-16-20-5-2-3-12-28-20/h2-7,12-15,17,19H,8-11,16H2,1H3,(H,29,32)(H,31,33). The topological polar surface area (TPSA) is 127 Å². The molecule has 1 aromatic carbocycles. The third-order valence-electron chi connectivity index (χ3n) is 6.11. The number of nitrogens with one attached hydrogen (secondary N) is 2. The smallest absolute Gasteiger partial charge is 0.257 e. The highest BCUT2D eigenvalue weighted by Gasteiger charge is 2.28. The molecule has 1 aliphatic carbocycles. The average Bonchev–Trinajstić information content (AvgIpc) is 2.89. The van der Waals surface area contributed by atoms with Gasteiger partial charge >= 0.3 is 0 Å². The molecule has 0 atom stereocenters. The maximum absolute atomic E-state index is 14.0. The van der Waals surface area contributed by atoms with Gasteiger partial charge in [-0.1, -0.05) is 12.1 Å². The molecule has 0 spiro atoms. The van der Waals surface area contributed by atoms with Gasteiger partial charge in [-0.15, -0.1) is 0 Å². The molecule has 194 valence electrons. The number of halogens is 1. The van der Waals surface area contributed by atoms with Gasteiger partial charge in [0.05, 0.1) is 23.3 Å². The largest absolute Gasteiger partial charge is 0.438 e. The first kappa shape index (κ1) is 26.2. The summed E-state index contributed by atoms with van der Waals surface area (Å²) in [7, 11) is -3.47. The first-order valence-corrected chi connectivity index (χ1v) is 13.7. The molecule has 2 N–H and O–H groups in total. The highest BCUT2D eigenvalue weighted by molar-refractivity contribution is 7.90. The highest BCUT2D eigenvalue weighted by atomic mass is 32.2. The Bertz CT molecular complexity index is 1380. The summed E-state index contributed by atoms with van der Waals surface area (Å²) < 4.78 is 43.3. The van der Waals surface area contributed by atoms with E-state index in [4.69, 9.17) is 4.74 Å². The van der Waals surface area contributed by atoms with Gasteiger partial charge in [-0.3, -0.25) is 14.6 Å². The number of amides is 2. The van der Waals surface area contributed by atoms with Crippen LogP contribution in [0.25, 0.3) is 0 Å². The fourth-order valence-corrected chi connectivity index (χ4v) is 4.79. The monoisotopic (exact) mass is 526 g/mol. The first-order chi connectivity index (χ1) is 17.7. The minimum Gasteiger partial charge on any atom is -0.438 e. The maximum Gasteiger partial charge on any atom is 0.257 e. The van der Waals surface area contributed by atoms with Crippen molar-refractivity contribution in [3.63, 3.8) is 0 Å². The van der Waals surface area contributed by atoms with E-state index in [-0.39, 0.29) is 40.0 Å². The molecule has 3 aromatic rings. The molecule has 1 aliphatic rings. The van der Waals surface area contributed by atoms with Crippen molar-refractivity contribution in [2.45, 2.75) is 43.2 Å². The van der Waals surface area contributed by atoms with E-state index in [9.17, 15) is 22.4 Å². The van der Waals surface area contributed by atoms with Crippen LogP contribution in [-0.4, -0.2) is 42.5 Å². The van der Waals surface area contributed by atoms with Crippen LogP contribution in [0, 0.1) is 11.7 Å². The Kier molecular flexibility index (Phi) is 8.12. The van der Waals surface area contributed by atoms with E-state index in [2.05, 4.69) is 20.6 Å². The summed E-state index contributed by atoms with van der Waals surface area (Å²) in [5.41, 5.74) is 0.668.